The minimum absolute atomic E-state index is 0.244. The second kappa shape index (κ2) is 3.53. The quantitative estimate of drug-likeness (QED) is 0.727. The molecule has 0 fully saturated rings. The second-order valence-electron chi connectivity index (χ2n) is 2.52. The Morgan fingerprint density at radius 1 is 1.54 bits per heavy atom. The summed E-state index contributed by atoms with van der Waals surface area (Å²) in [6.45, 7) is 3.03. The van der Waals surface area contributed by atoms with E-state index in [4.69, 9.17) is 5.73 Å². The number of aryl methyl sites for hydroxylation is 1. The Bertz CT molecular complexity index is 359. The van der Waals surface area contributed by atoms with Crippen LogP contribution >= 0.6 is 11.5 Å². The molecule has 0 aromatic carbocycles. The fourth-order valence-corrected chi connectivity index (χ4v) is 1.75. The number of amides is 2. The van der Waals surface area contributed by atoms with Crippen molar-refractivity contribution in [1.29, 1.82) is 0 Å². The second-order valence-corrected chi connectivity index (χ2v) is 3.29. The van der Waals surface area contributed by atoms with Crippen molar-refractivity contribution in [3.05, 3.63) is 11.3 Å². The molecule has 0 spiro atoms. The molecule has 0 saturated carbocycles. The molecule has 70 valence electrons. The van der Waals surface area contributed by atoms with E-state index in [1.807, 2.05) is 0 Å². The highest BCUT2D eigenvalue weighted by molar-refractivity contribution is 7.11. The van der Waals surface area contributed by atoms with Gasteiger partial charge in [-0.15, -0.1) is 0 Å². The molecule has 3 N–H and O–H groups in total. The van der Waals surface area contributed by atoms with Gasteiger partial charge in [-0.2, -0.15) is 4.37 Å². The summed E-state index contributed by atoms with van der Waals surface area (Å²) in [5.74, 6) is -0.818. The van der Waals surface area contributed by atoms with Gasteiger partial charge < -0.3 is 11.1 Å². The maximum absolute atomic E-state index is 10.9. The molecular formula is C7H9N3O2S. The summed E-state index contributed by atoms with van der Waals surface area (Å²) in [6.07, 6.45) is 0. The number of primary amides is 1. The standard InChI is InChI=1S/C7H9N3O2S/c1-3-5(6(8)12)7(13-10-3)9-4(2)11/h1-2H3,(H2,8,12)(H,9,11). The highest BCUT2D eigenvalue weighted by Gasteiger charge is 2.15. The first kappa shape index (κ1) is 9.66. The van der Waals surface area contributed by atoms with E-state index >= 15 is 0 Å². The number of rotatable bonds is 2. The fraction of sp³-hybridized carbons (Fsp3) is 0.286. The minimum atomic E-state index is -0.574. The summed E-state index contributed by atoms with van der Waals surface area (Å²) in [4.78, 5) is 21.6. The van der Waals surface area contributed by atoms with Crippen molar-refractivity contribution in [3.63, 3.8) is 0 Å². The average molecular weight is 199 g/mol. The predicted molar refractivity (Wildman–Crippen MR) is 49.7 cm³/mol. The van der Waals surface area contributed by atoms with Gasteiger partial charge in [0.25, 0.3) is 5.91 Å². The van der Waals surface area contributed by atoms with E-state index in [2.05, 4.69) is 9.69 Å². The number of hydrogen-bond acceptors (Lipinski definition) is 4. The van der Waals surface area contributed by atoms with Gasteiger partial charge in [0, 0.05) is 6.92 Å². The summed E-state index contributed by atoms with van der Waals surface area (Å²) in [7, 11) is 0. The zero-order valence-corrected chi connectivity index (χ0v) is 8.07. The molecule has 13 heavy (non-hydrogen) atoms. The number of anilines is 1. The van der Waals surface area contributed by atoms with Crippen LogP contribution in [0.2, 0.25) is 0 Å². The molecule has 0 aliphatic carbocycles. The van der Waals surface area contributed by atoms with Gasteiger partial charge in [-0.05, 0) is 18.5 Å². The summed E-state index contributed by atoms with van der Waals surface area (Å²) in [5, 5.41) is 2.91. The molecule has 0 atom stereocenters. The largest absolute Gasteiger partial charge is 0.365 e. The van der Waals surface area contributed by atoms with Gasteiger partial charge in [-0.25, -0.2) is 0 Å². The molecule has 0 aliphatic heterocycles. The van der Waals surface area contributed by atoms with Crippen molar-refractivity contribution in [3.8, 4) is 0 Å². The van der Waals surface area contributed by atoms with Gasteiger partial charge in [0.05, 0.1) is 11.3 Å². The SMILES string of the molecule is CC(=O)Nc1snc(C)c1C(N)=O. The molecule has 0 saturated heterocycles. The maximum Gasteiger partial charge on any atom is 0.253 e. The number of nitrogens with zero attached hydrogens (tertiary/aromatic N) is 1. The third kappa shape index (κ3) is 2.03. The first-order chi connectivity index (χ1) is 6.02. The van der Waals surface area contributed by atoms with Crippen LogP contribution in [0.15, 0.2) is 0 Å². The van der Waals surface area contributed by atoms with E-state index in [0.717, 1.165) is 11.5 Å². The molecule has 1 aromatic rings. The molecular weight excluding hydrogens is 190 g/mol. The zero-order chi connectivity index (χ0) is 10.0. The highest BCUT2D eigenvalue weighted by Crippen LogP contribution is 2.23. The topological polar surface area (TPSA) is 85.1 Å². The van der Waals surface area contributed by atoms with E-state index in [0.29, 0.717) is 16.3 Å². The Labute approximate surface area is 79.1 Å². The van der Waals surface area contributed by atoms with Gasteiger partial charge in [0.15, 0.2) is 0 Å². The molecule has 1 rings (SSSR count). The van der Waals surface area contributed by atoms with Gasteiger partial charge >= 0.3 is 0 Å². The molecule has 2 amide bonds. The first-order valence-electron chi connectivity index (χ1n) is 3.56. The van der Waals surface area contributed by atoms with Crippen molar-refractivity contribution in [1.82, 2.24) is 4.37 Å². The Hall–Kier alpha value is -1.43. The minimum Gasteiger partial charge on any atom is -0.365 e. The lowest BCUT2D eigenvalue weighted by Gasteiger charge is -1.99. The molecule has 0 bridgehead atoms. The van der Waals surface area contributed by atoms with Crippen LogP contribution in [0.25, 0.3) is 0 Å². The third-order valence-electron chi connectivity index (χ3n) is 1.40. The molecule has 0 unspecified atom stereocenters. The van der Waals surface area contributed by atoms with Crippen LogP contribution in [0.3, 0.4) is 0 Å². The third-order valence-corrected chi connectivity index (χ3v) is 2.25. The van der Waals surface area contributed by atoms with Crippen molar-refractivity contribution in [2.45, 2.75) is 13.8 Å². The lowest BCUT2D eigenvalue weighted by atomic mass is 10.2. The van der Waals surface area contributed by atoms with E-state index in [1.54, 1.807) is 6.92 Å². The highest BCUT2D eigenvalue weighted by atomic mass is 32.1. The number of aromatic nitrogens is 1. The first-order valence-corrected chi connectivity index (χ1v) is 4.33. The molecule has 0 radical (unpaired) electrons. The number of nitrogens with two attached hydrogens (primary N) is 1. The Morgan fingerprint density at radius 3 is 2.62 bits per heavy atom. The van der Waals surface area contributed by atoms with Crippen LogP contribution < -0.4 is 11.1 Å². The summed E-state index contributed by atoms with van der Waals surface area (Å²) in [5.41, 5.74) is 5.95. The van der Waals surface area contributed by atoms with Crippen LogP contribution in [0.1, 0.15) is 23.0 Å². The Kier molecular flexibility index (Phi) is 2.62. The Balaban J connectivity index is 3.07. The van der Waals surface area contributed by atoms with Gasteiger partial charge in [0.1, 0.15) is 5.00 Å². The summed E-state index contributed by atoms with van der Waals surface area (Å²) in [6, 6.07) is 0. The smallest absolute Gasteiger partial charge is 0.253 e. The monoisotopic (exact) mass is 199 g/mol. The number of carbonyl (C=O) groups excluding carboxylic acids is 2. The fourth-order valence-electron chi connectivity index (χ4n) is 0.905. The average Bonchev–Trinajstić information content (AvgIpc) is 2.30. The summed E-state index contributed by atoms with van der Waals surface area (Å²) >= 11 is 1.05. The van der Waals surface area contributed by atoms with Crippen LogP contribution in [0, 0.1) is 6.92 Å². The maximum atomic E-state index is 10.9. The van der Waals surface area contributed by atoms with E-state index in [1.165, 1.54) is 6.92 Å². The molecule has 1 heterocycles. The van der Waals surface area contributed by atoms with E-state index < -0.39 is 5.91 Å². The number of hydrogen-bond donors (Lipinski definition) is 2. The molecule has 1 aromatic heterocycles. The number of carbonyl (C=O) groups is 2. The Morgan fingerprint density at radius 2 is 2.15 bits per heavy atom. The summed E-state index contributed by atoms with van der Waals surface area (Å²) < 4.78 is 3.92. The van der Waals surface area contributed by atoms with Gasteiger partial charge in [-0.1, -0.05) is 0 Å². The van der Waals surface area contributed by atoms with Crippen LogP contribution in [0.5, 0.6) is 0 Å². The van der Waals surface area contributed by atoms with E-state index in [9.17, 15) is 9.59 Å². The van der Waals surface area contributed by atoms with Gasteiger partial charge in [0.2, 0.25) is 5.91 Å². The van der Waals surface area contributed by atoms with Crippen LogP contribution in [-0.2, 0) is 4.79 Å². The predicted octanol–water partition coefficient (Wildman–Crippen LogP) is 0.509. The molecule has 0 aliphatic rings. The van der Waals surface area contributed by atoms with Gasteiger partial charge in [-0.3, -0.25) is 9.59 Å². The zero-order valence-electron chi connectivity index (χ0n) is 7.25. The van der Waals surface area contributed by atoms with Crippen molar-refractivity contribution in [2.75, 3.05) is 5.32 Å². The van der Waals surface area contributed by atoms with Crippen LogP contribution in [-0.4, -0.2) is 16.2 Å². The molecule has 6 heteroatoms. The normalized spacial score (nSPS) is 9.69. The van der Waals surface area contributed by atoms with Crippen LogP contribution in [0.4, 0.5) is 5.00 Å². The number of nitrogens with one attached hydrogen (secondary N) is 1. The van der Waals surface area contributed by atoms with Crippen molar-refractivity contribution in [2.24, 2.45) is 5.73 Å². The lowest BCUT2D eigenvalue weighted by molar-refractivity contribution is -0.114. The van der Waals surface area contributed by atoms with E-state index in [-0.39, 0.29) is 5.91 Å². The van der Waals surface area contributed by atoms with Crippen molar-refractivity contribution >= 4 is 28.3 Å². The van der Waals surface area contributed by atoms with Crippen molar-refractivity contribution < 1.29 is 9.59 Å². The molecule has 5 nitrogen and oxygen atoms in total. The lowest BCUT2D eigenvalue weighted by Crippen LogP contribution is -2.15.